The first-order valence-electron chi connectivity index (χ1n) is 5.53. The molecule has 1 N–H and O–H groups in total. The van der Waals surface area contributed by atoms with E-state index in [1.165, 1.54) is 12.1 Å². The lowest BCUT2D eigenvalue weighted by atomic mass is 10.1. The fraction of sp³-hybridized carbons (Fsp3) is 0. The predicted octanol–water partition coefficient (Wildman–Crippen LogP) is 3.85. The number of pyridine rings is 1. The van der Waals surface area contributed by atoms with Gasteiger partial charge in [0.25, 0.3) is 0 Å². The molecule has 0 saturated carbocycles. The van der Waals surface area contributed by atoms with Crippen molar-refractivity contribution in [2.24, 2.45) is 0 Å². The van der Waals surface area contributed by atoms with Gasteiger partial charge in [0.1, 0.15) is 17.6 Å². The first kappa shape index (κ1) is 12.1. The Balaban J connectivity index is 2.30. The average molecular weight is 363 g/mol. The van der Waals surface area contributed by atoms with Crippen molar-refractivity contribution in [3.8, 4) is 17.2 Å². The number of hydrogen-bond donors (Lipinski definition) is 1. The van der Waals surface area contributed by atoms with E-state index in [4.69, 9.17) is 5.26 Å². The van der Waals surface area contributed by atoms with Gasteiger partial charge in [0.2, 0.25) is 0 Å². The summed E-state index contributed by atoms with van der Waals surface area (Å²) in [6, 6.07) is 11.8. The zero-order chi connectivity index (χ0) is 13.4. The van der Waals surface area contributed by atoms with Crippen LogP contribution in [0.3, 0.4) is 0 Å². The monoisotopic (exact) mass is 363 g/mol. The summed E-state index contributed by atoms with van der Waals surface area (Å²) in [7, 11) is 0. The lowest BCUT2D eigenvalue weighted by Gasteiger charge is -2.00. The second kappa shape index (κ2) is 4.63. The maximum Gasteiger partial charge on any atom is 0.141 e. The third kappa shape index (κ3) is 2.08. The third-order valence-corrected chi connectivity index (χ3v) is 3.65. The topological polar surface area (TPSA) is 52.5 Å². The zero-order valence-electron chi connectivity index (χ0n) is 9.61. The van der Waals surface area contributed by atoms with Gasteiger partial charge in [0.05, 0.1) is 14.7 Å². The molecule has 3 aromatic rings. The Morgan fingerprint density at radius 1 is 1.16 bits per heavy atom. The van der Waals surface area contributed by atoms with Crippen molar-refractivity contribution >= 4 is 33.6 Å². The van der Waals surface area contributed by atoms with E-state index in [9.17, 15) is 4.39 Å². The number of aromatic nitrogens is 2. The molecule has 92 valence electrons. The maximum atomic E-state index is 13.0. The van der Waals surface area contributed by atoms with Crippen LogP contribution < -0.4 is 0 Å². The molecule has 2 aromatic heterocycles. The number of hydrogen-bond acceptors (Lipinski definition) is 2. The van der Waals surface area contributed by atoms with Gasteiger partial charge >= 0.3 is 0 Å². The van der Waals surface area contributed by atoms with Crippen LogP contribution in [0, 0.1) is 20.8 Å². The van der Waals surface area contributed by atoms with Crippen LogP contribution in [0.2, 0.25) is 0 Å². The fourth-order valence-corrected chi connectivity index (χ4v) is 2.83. The second-order valence-electron chi connectivity index (χ2n) is 4.03. The molecule has 2 heterocycles. The van der Waals surface area contributed by atoms with E-state index in [0.717, 1.165) is 25.9 Å². The fourth-order valence-electron chi connectivity index (χ4n) is 1.98. The Labute approximate surface area is 122 Å². The smallest absolute Gasteiger partial charge is 0.141 e. The van der Waals surface area contributed by atoms with E-state index in [1.54, 1.807) is 18.2 Å². The van der Waals surface area contributed by atoms with Gasteiger partial charge < -0.3 is 4.98 Å². The molecule has 0 aliphatic carbocycles. The number of benzene rings is 1. The summed E-state index contributed by atoms with van der Waals surface area (Å²) in [4.78, 5) is 7.53. The number of nitrogens with one attached hydrogen (secondary N) is 1. The summed E-state index contributed by atoms with van der Waals surface area (Å²) in [5, 5.41) is 8.93. The van der Waals surface area contributed by atoms with Crippen LogP contribution in [0.1, 0.15) is 5.69 Å². The van der Waals surface area contributed by atoms with Gasteiger partial charge in [-0.1, -0.05) is 12.1 Å². The number of nitriles is 1. The molecule has 0 saturated heterocycles. The highest BCUT2D eigenvalue weighted by Crippen LogP contribution is 2.32. The SMILES string of the molecule is N#Cc1ccc2[nH]c(I)c(-c3ccc(F)cc3)c2n1. The molecule has 0 amide bonds. The average Bonchev–Trinajstić information content (AvgIpc) is 2.75. The Morgan fingerprint density at radius 2 is 1.89 bits per heavy atom. The van der Waals surface area contributed by atoms with Crippen molar-refractivity contribution in [1.82, 2.24) is 9.97 Å². The normalized spacial score (nSPS) is 10.6. The lowest BCUT2D eigenvalue weighted by Crippen LogP contribution is -1.85. The van der Waals surface area contributed by atoms with E-state index in [-0.39, 0.29) is 5.82 Å². The molecule has 0 aliphatic rings. The molecule has 5 heteroatoms. The van der Waals surface area contributed by atoms with Gasteiger partial charge in [-0.15, -0.1) is 0 Å². The van der Waals surface area contributed by atoms with Crippen LogP contribution in [0.5, 0.6) is 0 Å². The van der Waals surface area contributed by atoms with Gasteiger partial charge in [-0.25, -0.2) is 9.37 Å². The summed E-state index contributed by atoms with van der Waals surface area (Å²) < 4.78 is 13.9. The van der Waals surface area contributed by atoms with E-state index >= 15 is 0 Å². The minimum atomic E-state index is -0.274. The first-order valence-corrected chi connectivity index (χ1v) is 6.61. The van der Waals surface area contributed by atoms with Crippen LogP contribution >= 0.6 is 22.6 Å². The Morgan fingerprint density at radius 3 is 2.58 bits per heavy atom. The molecule has 19 heavy (non-hydrogen) atoms. The number of fused-ring (bicyclic) bond motifs is 1. The Hall–Kier alpha value is -1.94. The van der Waals surface area contributed by atoms with Crippen LogP contribution in [0.25, 0.3) is 22.2 Å². The van der Waals surface area contributed by atoms with Gasteiger partial charge in [-0.05, 0) is 52.4 Å². The zero-order valence-corrected chi connectivity index (χ0v) is 11.8. The van der Waals surface area contributed by atoms with Gasteiger partial charge in [0, 0.05) is 5.56 Å². The van der Waals surface area contributed by atoms with Crippen molar-refractivity contribution in [2.75, 3.05) is 0 Å². The molecule has 0 radical (unpaired) electrons. The summed E-state index contributed by atoms with van der Waals surface area (Å²) in [5.41, 5.74) is 3.73. The third-order valence-electron chi connectivity index (χ3n) is 2.84. The van der Waals surface area contributed by atoms with Crippen LogP contribution in [-0.4, -0.2) is 9.97 Å². The first-order chi connectivity index (χ1) is 9.19. The highest BCUT2D eigenvalue weighted by molar-refractivity contribution is 14.1. The number of aromatic amines is 1. The number of rotatable bonds is 1. The number of nitrogens with zero attached hydrogens (tertiary/aromatic N) is 2. The molecule has 0 unspecified atom stereocenters. The molecule has 0 bridgehead atoms. The Kier molecular flexibility index (Phi) is 2.95. The number of halogens is 2. The molecular formula is C14H7FIN3. The molecule has 0 aliphatic heterocycles. The largest absolute Gasteiger partial charge is 0.348 e. The van der Waals surface area contributed by atoms with Crippen molar-refractivity contribution in [2.45, 2.75) is 0 Å². The van der Waals surface area contributed by atoms with Crippen molar-refractivity contribution in [3.63, 3.8) is 0 Å². The van der Waals surface area contributed by atoms with E-state index in [1.807, 2.05) is 12.1 Å². The van der Waals surface area contributed by atoms with Crippen molar-refractivity contribution in [3.05, 3.63) is 51.6 Å². The highest BCUT2D eigenvalue weighted by atomic mass is 127. The van der Waals surface area contributed by atoms with Crippen LogP contribution in [0.4, 0.5) is 4.39 Å². The predicted molar refractivity (Wildman–Crippen MR) is 78.9 cm³/mol. The van der Waals surface area contributed by atoms with Gasteiger partial charge in [-0.3, -0.25) is 0 Å². The van der Waals surface area contributed by atoms with E-state index < -0.39 is 0 Å². The standard InChI is InChI=1S/C14H7FIN3/c15-9-3-1-8(2-4-9)12-13-11(19-14(12)16)6-5-10(7-17)18-13/h1-6,19H. The molecular weight excluding hydrogens is 356 g/mol. The van der Waals surface area contributed by atoms with Crippen LogP contribution in [-0.2, 0) is 0 Å². The van der Waals surface area contributed by atoms with Gasteiger partial charge in [0.15, 0.2) is 0 Å². The molecule has 3 nitrogen and oxygen atoms in total. The summed E-state index contributed by atoms with van der Waals surface area (Å²) in [6.45, 7) is 0. The Bertz CT molecular complexity index is 800. The summed E-state index contributed by atoms with van der Waals surface area (Å²) in [5.74, 6) is -0.274. The maximum absolute atomic E-state index is 13.0. The number of H-pyrrole nitrogens is 1. The van der Waals surface area contributed by atoms with Crippen molar-refractivity contribution < 1.29 is 4.39 Å². The molecule has 0 atom stereocenters. The lowest BCUT2D eigenvalue weighted by molar-refractivity contribution is 0.628. The van der Waals surface area contributed by atoms with E-state index in [0.29, 0.717) is 5.69 Å². The minimum Gasteiger partial charge on any atom is -0.348 e. The van der Waals surface area contributed by atoms with Crippen molar-refractivity contribution in [1.29, 1.82) is 5.26 Å². The quantitative estimate of drug-likeness (QED) is 0.668. The minimum absolute atomic E-state index is 0.274. The van der Waals surface area contributed by atoms with Gasteiger partial charge in [-0.2, -0.15) is 5.26 Å². The van der Waals surface area contributed by atoms with Crippen LogP contribution in [0.15, 0.2) is 36.4 Å². The molecule has 0 spiro atoms. The molecule has 3 rings (SSSR count). The summed E-state index contributed by atoms with van der Waals surface area (Å²) in [6.07, 6.45) is 0. The second-order valence-corrected chi connectivity index (χ2v) is 5.10. The summed E-state index contributed by atoms with van der Waals surface area (Å²) >= 11 is 2.18. The van der Waals surface area contributed by atoms with E-state index in [2.05, 4.69) is 32.6 Å². The highest BCUT2D eigenvalue weighted by Gasteiger charge is 2.13. The molecule has 1 aromatic carbocycles. The molecule has 0 fully saturated rings.